The number of hydrogen-bond acceptors (Lipinski definition) is 5. The van der Waals surface area contributed by atoms with Crippen LogP contribution in [0.4, 0.5) is 5.69 Å². The number of carbonyl (C=O) groups excluding carboxylic acids is 1. The quantitative estimate of drug-likeness (QED) is 0.365. The Morgan fingerprint density at radius 3 is 2.60 bits per heavy atom. The number of esters is 1. The summed E-state index contributed by atoms with van der Waals surface area (Å²) in [5.74, 6) is 0.0645. The average molecular weight is 274 g/mol. The Labute approximate surface area is 115 Å². The van der Waals surface area contributed by atoms with E-state index in [1.54, 1.807) is 30.3 Å². The number of ether oxygens (including phenoxy) is 1. The highest BCUT2D eigenvalue weighted by Crippen LogP contribution is 2.18. The van der Waals surface area contributed by atoms with Crippen molar-refractivity contribution in [2.24, 2.45) is 16.5 Å². The van der Waals surface area contributed by atoms with Gasteiger partial charge in [-0.15, -0.1) is 0 Å². The van der Waals surface area contributed by atoms with Crippen molar-refractivity contribution >= 4 is 17.6 Å². The van der Waals surface area contributed by atoms with Crippen LogP contribution in [0.15, 0.2) is 46.1 Å². The first-order chi connectivity index (χ1) is 9.63. The maximum Gasteiger partial charge on any atom is 0.311 e. The van der Waals surface area contributed by atoms with Crippen molar-refractivity contribution in [3.63, 3.8) is 0 Å². The van der Waals surface area contributed by atoms with Crippen molar-refractivity contribution in [1.82, 2.24) is 5.16 Å². The summed E-state index contributed by atoms with van der Waals surface area (Å²) in [5.41, 5.74) is 11.8. The zero-order chi connectivity index (χ0) is 14.4. The van der Waals surface area contributed by atoms with E-state index in [4.69, 9.17) is 16.2 Å². The fourth-order valence-corrected chi connectivity index (χ4v) is 1.52. The zero-order valence-corrected chi connectivity index (χ0v) is 10.7. The minimum atomic E-state index is -0.345. The third-order valence-corrected chi connectivity index (χ3v) is 2.40. The molecule has 0 radical (unpaired) electrons. The number of guanidine groups is 1. The van der Waals surface area contributed by atoms with Crippen LogP contribution in [-0.4, -0.2) is 17.1 Å². The summed E-state index contributed by atoms with van der Waals surface area (Å²) in [6, 6.07) is 8.25. The summed E-state index contributed by atoms with van der Waals surface area (Å²) in [5, 5.41) is 3.71. The summed E-state index contributed by atoms with van der Waals surface area (Å²) in [6.07, 6.45) is 2.16. The Balaban J connectivity index is 1.86. The molecule has 1 heterocycles. The van der Waals surface area contributed by atoms with Gasteiger partial charge in [0.15, 0.2) is 5.96 Å². The van der Waals surface area contributed by atoms with Gasteiger partial charge < -0.3 is 20.7 Å². The first-order valence-electron chi connectivity index (χ1n) is 5.93. The second-order valence-corrected chi connectivity index (χ2v) is 4.00. The van der Waals surface area contributed by atoms with Crippen molar-refractivity contribution in [3.05, 3.63) is 42.3 Å². The maximum atomic E-state index is 11.6. The summed E-state index contributed by atoms with van der Waals surface area (Å²) in [4.78, 5) is 15.5. The molecule has 0 spiro atoms. The van der Waals surface area contributed by atoms with E-state index in [0.717, 1.165) is 0 Å². The van der Waals surface area contributed by atoms with E-state index in [1.165, 1.54) is 6.26 Å². The third-order valence-electron chi connectivity index (χ3n) is 2.40. The number of nitrogens with two attached hydrogens (primary N) is 2. The van der Waals surface area contributed by atoms with Gasteiger partial charge in [0.2, 0.25) is 0 Å². The minimum absolute atomic E-state index is 0.0256. The lowest BCUT2D eigenvalue weighted by atomic mass is 10.2. The molecule has 7 nitrogen and oxygen atoms in total. The second kappa shape index (κ2) is 6.37. The molecule has 0 unspecified atom stereocenters. The normalized spacial score (nSPS) is 10.0. The Kier molecular flexibility index (Phi) is 4.33. The molecular formula is C13H14N4O3. The summed E-state index contributed by atoms with van der Waals surface area (Å²) in [6.45, 7) is 0. The Morgan fingerprint density at radius 2 is 2.00 bits per heavy atom. The number of rotatable bonds is 5. The van der Waals surface area contributed by atoms with Gasteiger partial charge in [-0.05, 0) is 24.3 Å². The van der Waals surface area contributed by atoms with E-state index < -0.39 is 0 Å². The topological polar surface area (TPSA) is 117 Å². The molecular weight excluding hydrogens is 260 g/mol. The van der Waals surface area contributed by atoms with Gasteiger partial charge in [0.1, 0.15) is 12.0 Å². The number of nitrogens with zero attached hydrogens (tertiary/aromatic N) is 2. The molecule has 20 heavy (non-hydrogen) atoms. The predicted molar refractivity (Wildman–Crippen MR) is 72.4 cm³/mol. The van der Waals surface area contributed by atoms with E-state index >= 15 is 0 Å². The lowest BCUT2D eigenvalue weighted by molar-refractivity contribution is -0.134. The molecule has 1 aromatic heterocycles. The van der Waals surface area contributed by atoms with Crippen molar-refractivity contribution < 1.29 is 14.1 Å². The largest absolute Gasteiger partial charge is 0.427 e. The van der Waals surface area contributed by atoms with Gasteiger partial charge in [-0.25, -0.2) is 4.99 Å². The van der Waals surface area contributed by atoms with Gasteiger partial charge in [-0.1, -0.05) is 5.16 Å². The fourth-order valence-electron chi connectivity index (χ4n) is 1.52. The van der Waals surface area contributed by atoms with E-state index in [1.807, 2.05) is 0 Å². The van der Waals surface area contributed by atoms with E-state index in [9.17, 15) is 4.79 Å². The molecule has 2 rings (SSSR count). The molecule has 0 aliphatic rings. The highest BCUT2D eigenvalue weighted by Gasteiger charge is 2.07. The van der Waals surface area contributed by atoms with Crippen LogP contribution in [0.2, 0.25) is 0 Å². The SMILES string of the molecule is NC(N)=Nc1ccc(OC(=O)CCc2ccon2)cc1. The molecule has 0 atom stereocenters. The number of aryl methyl sites for hydroxylation is 1. The van der Waals surface area contributed by atoms with Gasteiger partial charge >= 0.3 is 5.97 Å². The van der Waals surface area contributed by atoms with Crippen LogP contribution in [0, 0.1) is 0 Å². The number of aliphatic imine (C=N–C) groups is 1. The standard InChI is InChI=1S/C13H14N4O3/c14-13(15)16-9-1-4-11(5-2-9)20-12(18)6-3-10-7-8-19-17-10/h1-2,4-5,7-8H,3,6H2,(H4,14,15,16). The van der Waals surface area contributed by atoms with Crippen molar-refractivity contribution in [3.8, 4) is 5.75 Å². The number of carbonyl (C=O) groups is 1. The molecule has 0 amide bonds. The molecule has 0 aliphatic heterocycles. The maximum absolute atomic E-state index is 11.6. The van der Waals surface area contributed by atoms with Crippen molar-refractivity contribution in [2.75, 3.05) is 0 Å². The predicted octanol–water partition coefficient (Wildman–Crippen LogP) is 1.12. The molecule has 104 valence electrons. The summed E-state index contributed by atoms with van der Waals surface area (Å²) < 4.78 is 9.84. The van der Waals surface area contributed by atoms with Crippen LogP contribution in [0.3, 0.4) is 0 Å². The van der Waals surface area contributed by atoms with Gasteiger partial charge in [0, 0.05) is 12.5 Å². The molecule has 0 fully saturated rings. The van der Waals surface area contributed by atoms with Crippen molar-refractivity contribution in [1.29, 1.82) is 0 Å². The zero-order valence-electron chi connectivity index (χ0n) is 10.7. The van der Waals surface area contributed by atoms with E-state index in [-0.39, 0.29) is 18.3 Å². The van der Waals surface area contributed by atoms with Crippen LogP contribution in [0.1, 0.15) is 12.1 Å². The highest BCUT2D eigenvalue weighted by molar-refractivity contribution is 5.79. The second-order valence-electron chi connectivity index (χ2n) is 4.00. The first kappa shape index (κ1) is 13.6. The highest BCUT2D eigenvalue weighted by atomic mass is 16.5. The monoisotopic (exact) mass is 274 g/mol. The Bertz CT molecular complexity index is 587. The van der Waals surface area contributed by atoms with Crippen LogP contribution < -0.4 is 16.2 Å². The molecule has 4 N–H and O–H groups in total. The van der Waals surface area contributed by atoms with E-state index in [2.05, 4.69) is 14.7 Å². The Morgan fingerprint density at radius 1 is 1.25 bits per heavy atom. The minimum Gasteiger partial charge on any atom is -0.427 e. The van der Waals surface area contributed by atoms with E-state index in [0.29, 0.717) is 23.6 Å². The number of benzene rings is 1. The molecule has 0 saturated carbocycles. The first-order valence-corrected chi connectivity index (χ1v) is 5.93. The lowest BCUT2D eigenvalue weighted by Gasteiger charge is -2.03. The van der Waals surface area contributed by atoms with Gasteiger partial charge in [0.05, 0.1) is 17.8 Å². The van der Waals surface area contributed by atoms with Crippen molar-refractivity contribution in [2.45, 2.75) is 12.8 Å². The fraction of sp³-hybridized carbons (Fsp3) is 0.154. The smallest absolute Gasteiger partial charge is 0.311 e. The number of hydrogen-bond donors (Lipinski definition) is 2. The molecule has 0 aliphatic carbocycles. The van der Waals surface area contributed by atoms with Gasteiger partial charge in [-0.3, -0.25) is 4.79 Å². The van der Waals surface area contributed by atoms with Crippen LogP contribution in [0.25, 0.3) is 0 Å². The van der Waals surface area contributed by atoms with Gasteiger partial charge in [0.25, 0.3) is 0 Å². The van der Waals surface area contributed by atoms with Crippen LogP contribution in [-0.2, 0) is 11.2 Å². The molecule has 1 aromatic carbocycles. The summed E-state index contributed by atoms with van der Waals surface area (Å²) >= 11 is 0. The third kappa shape index (κ3) is 4.13. The Hall–Kier alpha value is -2.83. The number of aromatic nitrogens is 1. The average Bonchev–Trinajstić information content (AvgIpc) is 2.91. The van der Waals surface area contributed by atoms with Crippen LogP contribution >= 0.6 is 0 Å². The lowest BCUT2D eigenvalue weighted by Crippen LogP contribution is -2.21. The van der Waals surface area contributed by atoms with Gasteiger partial charge in [-0.2, -0.15) is 0 Å². The van der Waals surface area contributed by atoms with Crippen LogP contribution in [0.5, 0.6) is 5.75 Å². The molecule has 0 saturated heterocycles. The molecule has 0 bridgehead atoms. The summed E-state index contributed by atoms with van der Waals surface area (Å²) in [7, 11) is 0. The molecule has 7 heteroatoms. The molecule has 2 aromatic rings.